The van der Waals surface area contributed by atoms with Crippen molar-refractivity contribution in [3.63, 3.8) is 0 Å². The number of fused-ring (bicyclic) bond motifs is 31. The summed E-state index contributed by atoms with van der Waals surface area (Å²) < 4.78 is 7.35. The maximum Gasteiger partial charge on any atom is 0.160 e. The van der Waals surface area contributed by atoms with Crippen molar-refractivity contribution in [2.75, 3.05) is 0 Å². The molecule has 0 aliphatic rings. The second-order valence-corrected chi connectivity index (χ2v) is 34.9. The highest BCUT2D eigenvalue weighted by Crippen LogP contribution is 2.52. The number of para-hydroxylation sites is 3. The zero-order valence-electron chi connectivity index (χ0n) is 70.8. The van der Waals surface area contributed by atoms with E-state index in [4.69, 9.17) is 19.9 Å². The van der Waals surface area contributed by atoms with E-state index in [-0.39, 0.29) is 0 Å². The highest BCUT2D eigenvalue weighted by atomic mass is 15.1. The first-order chi connectivity index (χ1) is 65.0. The van der Waals surface area contributed by atoms with Gasteiger partial charge < -0.3 is 9.13 Å². The van der Waals surface area contributed by atoms with E-state index in [0.717, 1.165) is 139 Å². The zero-order valence-corrected chi connectivity index (χ0v) is 70.8. The summed E-state index contributed by atoms with van der Waals surface area (Å²) in [7, 11) is 0. The Morgan fingerprint density at radius 1 is 0.176 bits per heavy atom. The van der Waals surface area contributed by atoms with Gasteiger partial charge in [-0.15, -0.1) is 0 Å². The number of benzene rings is 22. The molecule has 0 spiro atoms. The van der Waals surface area contributed by atoms with Crippen LogP contribution in [0.2, 0.25) is 0 Å². The molecule has 0 saturated heterocycles. The smallest absolute Gasteiger partial charge is 0.160 e. The van der Waals surface area contributed by atoms with Gasteiger partial charge in [0.15, 0.2) is 5.82 Å². The van der Waals surface area contributed by atoms with E-state index in [1.165, 1.54) is 135 Å². The standard InChI is InChI=1S/C124H73N7/c1-2-25-74(26-3-1)75-51-55-78(56-52-75)121-104-43-18-21-44-112(104)127-124(128-121)79-57-60-81(61-58-79)129-115-69-80(59-63-98(115)107-70-105-92-36-10-6-27-83(92)84-28-7-11-37-93(84)106(105)72-116(107)129)76-49-53-77(54-50-76)110-45-24-48-117(126-110)131-114-47-23-20-39-97(114)109-71-108(118-99-40-15-12-34-90(99)91-35-14-17-42-101(91)120(118)123(109)131)94-64-65-95(87-31-8-4-29-85(87)94)111-68-62-82(73-125-111)130-113-46-22-19-38-96(113)103-67-66-102-89-33-9-5-30-86(89)88-32-13-16-41-100(88)119(102)122(103)130/h1-73H. The van der Waals surface area contributed by atoms with Crippen LogP contribution in [0.15, 0.2) is 443 Å². The Kier molecular flexibility index (Phi) is 15.8. The Balaban J connectivity index is 0.563. The molecule has 131 heavy (non-hydrogen) atoms. The number of rotatable bonds is 10. The van der Waals surface area contributed by atoms with Crippen molar-refractivity contribution in [3.05, 3.63) is 443 Å². The third-order valence-electron chi connectivity index (χ3n) is 28.0. The van der Waals surface area contributed by atoms with Crippen molar-refractivity contribution < 1.29 is 0 Å². The van der Waals surface area contributed by atoms with Crippen LogP contribution in [0.25, 0.3) is 280 Å². The molecule has 0 amide bonds. The van der Waals surface area contributed by atoms with Gasteiger partial charge in [-0.25, -0.2) is 15.0 Å². The molecular formula is C124H73N7. The number of pyridine rings is 2. The van der Waals surface area contributed by atoms with Crippen molar-refractivity contribution in [3.8, 4) is 95.7 Å². The van der Waals surface area contributed by atoms with E-state index in [9.17, 15) is 0 Å². The van der Waals surface area contributed by atoms with Crippen LogP contribution in [-0.2, 0) is 0 Å². The van der Waals surface area contributed by atoms with Crippen molar-refractivity contribution in [2.45, 2.75) is 0 Å². The van der Waals surface area contributed by atoms with Crippen LogP contribution in [0, 0.1) is 0 Å². The molecule has 28 rings (SSSR count). The van der Waals surface area contributed by atoms with Crippen molar-refractivity contribution in [1.29, 1.82) is 0 Å². The lowest BCUT2D eigenvalue weighted by Crippen LogP contribution is -2.00. The third-order valence-corrected chi connectivity index (χ3v) is 28.0. The molecule has 6 heterocycles. The fourth-order valence-electron chi connectivity index (χ4n) is 22.2. The van der Waals surface area contributed by atoms with Crippen LogP contribution in [0.5, 0.6) is 0 Å². The highest BCUT2D eigenvalue weighted by Gasteiger charge is 2.28. The molecule has 0 N–H and O–H groups in total. The minimum atomic E-state index is 0.675. The summed E-state index contributed by atoms with van der Waals surface area (Å²) in [6, 6.07) is 160. The summed E-state index contributed by atoms with van der Waals surface area (Å²) in [6.45, 7) is 0. The fourth-order valence-corrected chi connectivity index (χ4v) is 22.2. The van der Waals surface area contributed by atoms with Crippen molar-refractivity contribution >= 4 is 184 Å². The summed E-state index contributed by atoms with van der Waals surface area (Å²) in [6.07, 6.45) is 2.08. The lowest BCUT2D eigenvalue weighted by Gasteiger charge is -2.19. The minimum Gasteiger partial charge on any atom is -0.309 e. The van der Waals surface area contributed by atoms with Crippen LogP contribution in [0.4, 0.5) is 0 Å². The molecule has 0 aliphatic heterocycles. The minimum absolute atomic E-state index is 0.675. The number of aromatic nitrogens is 7. The Bertz CT molecular complexity index is 9730. The molecule has 28 aromatic rings. The summed E-state index contributed by atoms with van der Waals surface area (Å²) in [5.74, 6) is 1.51. The van der Waals surface area contributed by atoms with Gasteiger partial charge in [0, 0.05) is 81.8 Å². The molecule has 0 fully saturated rings. The normalized spacial score (nSPS) is 12.1. The second kappa shape index (κ2) is 28.5. The SMILES string of the molecule is c1ccc(-c2ccc(-c3nc(-c4ccc(-n5c6cc(-c7ccc(-c8cccc(-n9c%10ccccc%10c%10cc(-c%11ccc(-c%12ccc(-n%13c%14ccccc%14c%14ccc%15c%16ccccc%16c%16ccccc%16c%15c%14%13)cn%12)c%12ccccc%11%12)c%11c%12ccccc%12c%12ccccc%12c%11c%109)n8)cc7)ccc6c6cc7c8ccccc8c8ccccc8c7cc65)cc4)nc4ccccc34)cc2)cc1. The van der Waals surface area contributed by atoms with Gasteiger partial charge in [-0.2, -0.15) is 0 Å². The highest BCUT2D eigenvalue weighted by molar-refractivity contribution is 6.38. The molecule has 604 valence electrons. The Morgan fingerprint density at radius 2 is 0.611 bits per heavy atom. The van der Waals surface area contributed by atoms with Crippen molar-refractivity contribution in [1.82, 2.24) is 33.6 Å². The predicted octanol–water partition coefficient (Wildman–Crippen LogP) is 32.9. The van der Waals surface area contributed by atoms with Crippen LogP contribution < -0.4 is 0 Å². The maximum atomic E-state index is 5.76. The van der Waals surface area contributed by atoms with Gasteiger partial charge in [-0.1, -0.05) is 346 Å². The van der Waals surface area contributed by atoms with E-state index in [1.54, 1.807) is 0 Å². The monoisotopic (exact) mass is 1660 g/mol. The largest absolute Gasteiger partial charge is 0.309 e. The first-order valence-corrected chi connectivity index (χ1v) is 45.0. The molecule has 22 aromatic carbocycles. The van der Waals surface area contributed by atoms with Gasteiger partial charge in [0.1, 0.15) is 5.82 Å². The second-order valence-electron chi connectivity index (χ2n) is 34.9. The lowest BCUT2D eigenvalue weighted by atomic mass is 9.85. The lowest BCUT2D eigenvalue weighted by molar-refractivity contribution is 1.09. The number of nitrogens with zero attached hydrogens (tertiary/aromatic N) is 7. The van der Waals surface area contributed by atoms with Gasteiger partial charge in [-0.3, -0.25) is 9.55 Å². The average molecular weight is 1660 g/mol. The molecule has 6 aromatic heterocycles. The summed E-state index contributed by atoms with van der Waals surface area (Å²) >= 11 is 0. The van der Waals surface area contributed by atoms with Gasteiger partial charge in [0.2, 0.25) is 0 Å². The Morgan fingerprint density at radius 3 is 1.25 bits per heavy atom. The zero-order chi connectivity index (χ0) is 85.6. The van der Waals surface area contributed by atoms with Crippen LogP contribution in [0.1, 0.15) is 0 Å². The maximum absolute atomic E-state index is 5.76. The topological polar surface area (TPSA) is 66.3 Å². The molecule has 0 saturated carbocycles. The van der Waals surface area contributed by atoms with Crippen LogP contribution in [-0.4, -0.2) is 33.6 Å². The van der Waals surface area contributed by atoms with Crippen LogP contribution >= 0.6 is 0 Å². The summed E-state index contributed by atoms with van der Waals surface area (Å²) in [4.78, 5) is 21.9. The molecule has 7 heteroatoms. The summed E-state index contributed by atoms with van der Waals surface area (Å²) in [5.41, 5.74) is 23.3. The van der Waals surface area contributed by atoms with E-state index >= 15 is 0 Å². The van der Waals surface area contributed by atoms with Crippen LogP contribution in [0.3, 0.4) is 0 Å². The Hall–Kier alpha value is -17.5. The van der Waals surface area contributed by atoms with Gasteiger partial charge in [-0.05, 0) is 216 Å². The average Bonchev–Trinajstić information content (AvgIpc) is 1.59. The van der Waals surface area contributed by atoms with Crippen molar-refractivity contribution in [2.24, 2.45) is 0 Å². The Labute approximate surface area is 751 Å². The van der Waals surface area contributed by atoms with Gasteiger partial charge in [0.25, 0.3) is 0 Å². The first-order valence-electron chi connectivity index (χ1n) is 45.0. The number of hydrogen-bond donors (Lipinski definition) is 0. The third kappa shape index (κ3) is 11.0. The van der Waals surface area contributed by atoms with E-state index in [0.29, 0.717) is 5.82 Å². The quantitative estimate of drug-likeness (QED) is 0.128. The molecule has 0 aliphatic carbocycles. The molecule has 0 radical (unpaired) electrons. The molecule has 0 bridgehead atoms. The molecule has 0 unspecified atom stereocenters. The molecular weight excluding hydrogens is 1590 g/mol. The van der Waals surface area contributed by atoms with E-state index in [2.05, 4.69) is 457 Å². The predicted molar refractivity (Wildman–Crippen MR) is 551 cm³/mol. The van der Waals surface area contributed by atoms with E-state index < -0.39 is 0 Å². The van der Waals surface area contributed by atoms with Gasteiger partial charge >= 0.3 is 0 Å². The first kappa shape index (κ1) is 72.8. The molecule has 0 atom stereocenters. The molecule has 7 nitrogen and oxygen atoms in total. The van der Waals surface area contributed by atoms with Gasteiger partial charge in [0.05, 0.1) is 67.6 Å². The summed E-state index contributed by atoms with van der Waals surface area (Å²) in [5, 5.41) is 32.5. The number of hydrogen-bond acceptors (Lipinski definition) is 4. The fraction of sp³-hybridized carbons (Fsp3) is 0. The van der Waals surface area contributed by atoms with E-state index in [1.807, 2.05) is 0 Å².